The summed E-state index contributed by atoms with van der Waals surface area (Å²) in [5.74, 6) is 1.25. The second kappa shape index (κ2) is 11.0. The van der Waals surface area contributed by atoms with Crippen LogP contribution in [0, 0.1) is 5.41 Å². The number of carbonyl (C=O) groups is 2. The quantitative estimate of drug-likeness (QED) is 0.575. The van der Waals surface area contributed by atoms with E-state index < -0.39 is 0 Å². The van der Waals surface area contributed by atoms with Gasteiger partial charge in [0, 0.05) is 31.5 Å². The Kier molecular flexibility index (Phi) is 8.32. The minimum absolute atomic E-state index is 0.0971. The highest BCUT2D eigenvalue weighted by molar-refractivity contribution is 5.81. The average molecular weight is 441 g/mol. The first kappa shape index (κ1) is 24.3. The Morgan fingerprint density at radius 1 is 1.09 bits per heavy atom. The largest absolute Gasteiger partial charge is 0.356 e. The van der Waals surface area contributed by atoms with E-state index >= 15 is 0 Å². The second-order valence-corrected chi connectivity index (χ2v) is 10.2. The molecular weight excluding hydrogens is 400 g/mol. The summed E-state index contributed by atoms with van der Waals surface area (Å²) < 4.78 is 2.11. The molecule has 1 fully saturated rings. The summed E-state index contributed by atoms with van der Waals surface area (Å²) in [6.45, 7) is 6.85. The summed E-state index contributed by atoms with van der Waals surface area (Å²) in [6, 6.07) is 8.46. The third-order valence-corrected chi connectivity index (χ3v) is 6.59. The Morgan fingerprint density at radius 3 is 2.53 bits per heavy atom. The van der Waals surface area contributed by atoms with Crippen molar-refractivity contribution in [2.45, 2.75) is 91.1 Å². The van der Waals surface area contributed by atoms with Crippen molar-refractivity contribution in [1.82, 2.24) is 19.8 Å². The minimum atomic E-state index is -0.345. The zero-order valence-corrected chi connectivity index (χ0v) is 20.3. The number of carbonyl (C=O) groups excluding carboxylic acids is 2. The maximum atomic E-state index is 13.1. The molecule has 2 amide bonds. The molecule has 6 heteroatoms. The number of nitrogens with zero attached hydrogens (tertiary/aromatic N) is 3. The van der Waals surface area contributed by atoms with E-state index in [1.54, 1.807) is 0 Å². The number of hydrogen-bond donors (Lipinski definition) is 1. The lowest BCUT2D eigenvalue weighted by molar-refractivity contribution is -0.133. The number of likely N-dealkylation sites (N-methyl/N-ethyl adjacent to an activating group) is 1. The van der Waals surface area contributed by atoms with Crippen LogP contribution >= 0.6 is 0 Å². The number of aryl methyl sites for hydroxylation is 1. The maximum Gasteiger partial charge on any atom is 0.242 e. The molecule has 6 nitrogen and oxygen atoms in total. The third kappa shape index (κ3) is 6.33. The van der Waals surface area contributed by atoms with Crippen LogP contribution in [0.25, 0.3) is 11.0 Å². The Morgan fingerprint density at radius 2 is 1.81 bits per heavy atom. The van der Waals surface area contributed by atoms with Crippen LogP contribution in [0.3, 0.4) is 0 Å². The van der Waals surface area contributed by atoms with Gasteiger partial charge in [-0.15, -0.1) is 0 Å². The topological polar surface area (TPSA) is 67.2 Å². The lowest BCUT2D eigenvalue weighted by Gasteiger charge is -2.31. The first-order valence-electron chi connectivity index (χ1n) is 12.3. The van der Waals surface area contributed by atoms with Crippen molar-refractivity contribution in [2.24, 2.45) is 5.41 Å². The summed E-state index contributed by atoms with van der Waals surface area (Å²) in [4.78, 5) is 31.9. The second-order valence-electron chi connectivity index (χ2n) is 10.2. The average Bonchev–Trinajstić information content (AvgIpc) is 3.12. The Hall–Kier alpha value is -2.37. The summed E-state index contributed by atoms with van der Waals surface area (Å²) in [6.07, 6.45) is 9.75. The van der Waals surface area contributed by atoms with Crippen LogP contribution in [-0.2, 0) is 22.6 Å². The van der Waals surface area contributed by atoms with Gasteiger partial charge in [0.05, 0.1) is 11.0 Å². The molecule has 0 spiro atoms. The number of para-hydroxylation sites is 2. The summed E-state index contributed by atoms with van der Waals surface area (Å²) in [5.41, 5.74) is 1.64. The van der Waals surface area contributed by atoms with Gasteiger partial charge >= 0.3 is 0 Å². The fourth-order valence-electron chi connectivity index (χ4n) is 4.46. The smallest absolute Gasteiger partial charge is 0.242 e. The van der Waals surface area contributed by atoms with Gasteiger partial charge in [0.15, 0.2) is 0 Å². The highest BCUT2D eigenvalue weighted by Crippen LogP contribution is 2.23. The van der Waals surface area contributed by atoms with E-state index in [1.165, 1.54) is 19.3 Å². The van der Waals surface area contributed by atoms with Crippen LogP contribution in [0.1, 0.15) is 78.0 Å². The molecule has 1 N–H and O–H groups in total. The monoisotopic (exact) mass is 440 g/mol. The van der Waals surface area contributed by atoms with Crippen molar-refractivity contribution in [1.29, 1.82) is 0 Å². The number of nitrogens with one attached hydrogen (secondary N) is 1. The molecule has 1 saturated carbocycles. The number of amides is 2. The molecule has 2 aromatic rings. The van der Waals surface area contributed by atoms with Gasteiger partial charge in [-0.25, -0.2) is 4.98 Å². The van der Waals surface area contributed by atoms with Crippen molar-refractivity contribution in [2.75, 3.05) is 13.6 Å². The van der Waals surface area contributed by atoms with Gasteiger partial charge < -0.3 is 14.8 Å². The van der Waals surface area contributed by atoms with Crippen molar-refractivity contribution in [3.8, 4) is 0 Å². The molecule has 0 atom stereocenters. The molecule has 0 bridgehead atoms. The van der Waals surface area contributed by atoms with Crippen LogP contribution in [0.2, 0.25) is 0 Å². The van der Waals surface area contributed by atoms with Crippen LogP contribution in [0.5, 0.6) is 0 Å². The van der Waals surface area contributed by atoms with E-state index in [4.69, 9.17) is 4.98 Å². The molecule has 1 aromatic heterocycles. The maximum absolute atomic E-state index is 13.1. The fourth-order valence-corrected chi connectivity index (χ4v) is 4.46. The van der Waals surface area contributed by atoms with E-state index in [-0.39, 0.29) is 17.2 Å². The van der Waals surface area contributed by atoms with E-state index in [0.717, 1.165) is 55.4 Å². The molecular formula is C26H40N4O2. The summed E-state index contributed by atoms with van der Waals surface area (Å²) >= 11 is 0. The molecule has 3 rings (SSSR count). The molecule has 1 aromatic carbocycles. The number of hydrogen-bond acceptors (Lipinski definition) is 3. The predicted octanol–water partition coefficient (Wildman–Crippen LogP) is 4.70. The SMILES string of the molecule is CN(C(=O)Cn1c(CCCCCNC(=O)C(C)(C)C)nc2ccccc21)C1CCCCC1. The highest BCUT2D eigenvalue weighted by atomic mass is 16.2. The van der Waals surface area contributed by atoms with Crippen LogP contribution in [-0.4, -0.2) is 45.9 Å². The first-order chi connectivity index (χ1) is 15.3. The van der Waals surface area contributed by atoms with E-state index in [1.807, 2.05) is 50.9 Å². The van der Waals surface area contributed by atoms with Gasteiger partial charge in [0.1, 0.15) is 12.4 Å². The molecule has 0 radical (unpaired) electrons. The van der Waals surface area contributed by atoms with Crippen LogP contribution in [0.15, 0.2) is 24.3 Å². The molecule has 1 aliphatic carbocycles. The summed E-state index contributed by atoms with van der Waals surface area (Å²) in [7, 11) is 1.96. The van der Waals surface area contributed by atoms with Crippen molar-refractivity contribution < 1.29 is 9.59 Å². The van der Waals surface area contributed by atoms with E-state index in [2.05, 4.69) is 16.0 Å². The summed E-state index contributed by atoms with van der Waals surface area (Å²) in [5, 5.41) is 3.01. The van der Waals surface area contributed by atoms with Gasteiger partial charge in [0.25, 0.3) is 0 Å². The van der Waals surface area contributed by atoms with Crippen molar-refractivity contribution >= 4 is 22.8 Å². The number of fused-ring (bicyclic) bond motifs is 1. The van der Waals surface area contributed by atoms with Gasteiger partial charge in [-0.2, -0.15) is 0 Å². The zero-order chi connectivity index (χ0) is 23.1. The van der Waals surface area contributed by atoms with Gasteiger partial charge in [0.2, 0.25) is 11.8 Å². The minimum Gasteiger partial charge on any atom is -0.356 e. The molecule has 176 valence electrons. The van der Waals surface area contributed by atoms with Crippen LogP contribution in [0.4, 0.5) is 0 Å². The van der Waals surface area contributed by atoms with Gasteiger partial charge in [-0.3, -0.25) is 9.59 Å². The normalized spacial score (nSPS) is 15.1. The lowest BCUT2D eigenvalue weighted by Crippen LogP contribution is -2.40. The molecule has 0 unspecified atom stereocenters. The Labute approximate surface area is 192 Å². The number of aromatic nitrogens is 2. The van der Waals surface area contributed by atoms with Gasteiger partial charge in [-0.05, 0) is 37.8 Å². The van der Waals surface area contributed by atoms with Crippen molar-refractivity contribution in [3.05, 3.63) is 30.1 Å². The number of rotatable bonds is 9. The molecule has 0 saturated heterocycles. The molecule has 1 heterocycles. The number of imidazole rings is 1. The first-order valence-corrected chi connectivity index (χ1v) is 12.3. The molecule has 32 heavy (non-hydrogen) atoms. The Balaban J connectivity index is 1.58. The standard InChI is InChI=1S/C26H40N4O2/c1-26(2,3)25(32)27-18-12-6-9-17-23-28-21-15-10-11-16-22(21)30(23)19-24(31)29(4)20-13-7-5-8-14-20/h10-11,15-16,20H,5-9,12-14,17-19H2,1-4H3,(H,27,32). The fraction of sp³-hybridized carbons (Fsp3) is 0.654. The number of unbranched alkanes of at least 4 members (excludes halogenated alkanes) is 2. The molecule has 0 aliphatic heterocycles. The van der Waals surface area contributed by atoms with E-state index in [9.17, 15) is 9.59 Å². The van der Waals surface area contributed by atoms with Gasteiger partial charge in [-0.1, -0.05) is 58.6 Å². The van der Waals surface area contributed by atoms with E-state index in [0.29, 0.717) is 19.1 Å². The number of benzene rings is 1. The third-order valence-electron chi connectivity index (χ3n) is 6.59. The Bertz CT molecular complexity index is 906. The van der Waals surface area contributed by atoms with Crippen LogP contribution < -0.4 is 5.32 Å². The zero-order valence-electron chi connectivity index (χ0n) is 20.3. The molecule has 1 aliphatic rings. The predicted molar refractivity (Wildman–Crippen MR) is 129 cm³/mol. The highest BCUT2D eigenvalue weighted by Gasteiger charge is 2.23. The lowest BCUT2D eigenvalue weighted by atomic mass is 9.94. The van der Waals surface area contributed by atoms with Crippen molar-refractivity contribution in [3.63, 3.8) is 0 Å².